The van der Waals surface area contributed by atoms with Crippen molar-refractivity contribution >= 4 is 5.82 Å². The fraction of sp³-hybridized carbons (Fsp3) is 0.643. The molecule has 0 aromatic carbocycles. The monoisotopic (exact) mass is 249 g/mol. The zero-order valence-corrected chi connectivity index (χ0v) is 11.3. The molecule has 1 aliphatic heterocycles. The van der Waals surface area contributed by atoms with Crippen LogP contribution >= 0.6 is 0 Å². The number of nitrogens with two attached hydrogens (primary N) is 1. The van der Waals surface area contributed by atoms with E-state index in [-0.39, 0.29) is 6.04 Å². The first kappa shape index (κ1) is 13.3. The molecule has 4 heteroatoms. The van der Waals surface area contributed by atoms with Crippen LogP contribution in [0.4, 0.5) is 5.82 Å². The van der Waals surface area contributed by atoms with E-state index in [2.05, 4.69) is 16.0 Å². The SMILES string of the molecule is COC1CCN(c2ncccc2CC(C)N)CC1. The number of methoxy groups -OCH3 is 1. The van der Waals surface area contributed by atoms with E-state index in [0.29, 0.717) is 6.10 Å². The Labute approximate surface area is 109 Å². The van der Waals surface area contributed by atoms with Gasteiger partial charge in [0.1, 0.15) is 5.82 Å². The molecule has 1 aliphatic rings. The minimum atomic E-state index is 0.171. The Kier molecular flexibility index (Phi) is 4.55. The molecular weight excluding hydrogens is 226 g/mol. The number of hydrogen-bond acceptors (Lipinski definition) is 4. The molecule has 1 fully saturated rings. The zero-order valence-electron chi connectivity index (χ0n) is 11.3. The molecule has 18 heavy (non-hydrogen) atoms. The zero-order chi connectivity index (χ0) is 13.0. The van der Waals surface area contributed by atoms with E-state index >= 15 is 0 Å². The first-order chi connectivity index (χ1) is 8.70. The lowest BCUT2D eigenvalue weighted by atomic mass is 10.0. The quantitative estimate of drug-likeness (QED) is 0.880. The first-order valence-corrected chi connectivity index (χ1v) is 6.68. The van der Waals surface area contributed by atoms with E-state index in [1.165, 1.54) is 5.56 Å². The summed E-state index contributed by atoms with van der Waals surface area (Å²) in [5.74, 6) is 1.10. The van der Waals surface area contributed by atoms with Crippen molar-refractivity contribution in [3.05, 3.63) is 23.9 Å². The highest BCUT2D eigenvalue weighted by atomic mass is 16.5. The van der Waals surface area contributed by atoms with Crippen LogP contribution in [0.5, 0.6) is 0 Å². The lowest BCUT2D eigenvalue weighted by molar-refractivity contribution is 0.0817. The summed E-state index contributed by atoms with van der Waals surface area (Å²) in [6, 6.07) is 4.29. The van der Waals surface area contributed by atoms with E-state index < -0.39 is 0 Å². The Morgan fingerprint density at radius 3 is 2.83 bits per heavy atom. The highest BCUT2D eigenvalue weighted by Crippen LogP contribution is 2.23. The average Bonchev–Trinajstić information content (AvgIpc) is 2.39. The molecule has 0 saturated carbocycles. The van der Waals surface area contributed by atoms with Gasteiger partial charge < -0.3 is 15.4 Å². The van der Waals surface area contributed by atoms with Gasteiger partial charge in [0, 0.05) is 32.4 Å². The van der Waals surface area contributed by atoms with Crippen LogP contribution in [-0.4, -0.2) is 37.3 Å². The largest absolute Gasteiger partial charge is 0.381 e. The molecule has 0 amide bonds. The van der Waals surface area contributed by atoms with Gasteiger partial charge in [-0.2, -0.15) is 0 Å². The van der Waals surface area contributed by atoms with E-state index in [4.69, 9.17) is 10.5 Å². The summed E-state index contributed by atoms with van der Waals surface area (Å²) in [6.07, 6.45) is 5.30. The minimum Gasteiger partial charge on any atom is -0.381 e. The molecule has 1 saturated heterocycles. The predicted octanol–water partition coefficient (Wildman–Crippen LogP) is 1.59. The van der Waals surface area contributed by atoms with Crippen LogP contribution < -0.4 is 10.6 Å². The van der Waals surface area contributed by atoms with Crippen molar-refractivity contribution in [3.63, 3.8) is 0 Å². The van der Waals surface area contributed by atoms with Crippen molar-refractivity contribution < 1.29 is 4.74 Å². The molecule has 1 aromatic rings. The summed E-state index contributed by atoms with van der Waals surface area (Å²) in [5.41, 5.74) is 7.15. The molecule has 0 aliphatic carbocycles. The van der Waals surface area contributed by atoms with Gasteiger partial charge in [-0.15, -0.1) is 0 Å². The van der Waals surface area contributed by atoms with Gasteiger partial charge in [0.25, 0.3) is 0 Å². The second-order valence-electron chi connectivity index (χ2n) is 5.09. The third-order valence-electron chi connectivity index (χ3n) is 3.48. The number of rotatable bonds is 4. The topological polar surface area (TPSA) is 51.4 Å². The highest BCUT2D eigenvalue weighted by Gasteiger charge is 2.21. The molecule has 2 rings (SSSR count). The number of ether oxygens (including phenoxy) is 1. The van der Waals surface area contributed by atoms with Crippen molar-refractivity contribution in [1.29, 1.82) is 0 Å². The van der Waals surface area contributed by atoms with Gasteiger partial charge in [-0.25, -0.2) is 4.98 Å². The van der Waals surface area contributed by atoms with Crippen molar-refractivity contribution in [3.8, 4) is 0 Å². The molecule has 2 N–H and O–H groups in total. The third-order valence-corrected chi connectivity index (χ3v) is 3.48. The van der Waals surface area contributed by atoms with Crippen LogP contribution in [0.25, 0.3) is 0 Å². The van der Waals surface area contributed by atoms with E-state index in [0.717, 1.165) is 38.2 Å². The summed E-state index contributed by atoms with van der Waals surface area (Å²) in [4.78, 5) is 6.89. The molecule has 100 valence electrons. The summed E-state index contributed by atoms with van der Waals surface area (Å²) < 4.78 is 5.40. The summed E-state index contributed by atoms with van der Waals surface area (Å²) in [7, 11) is 1.79. The van der Waals surface area contributed by atoms with Crippen molar-refractivity contribution in [2.75, 3.05) is 25.1 Å². The average molecular weight is 249 g/mol. The molecule has 4 nitrogen and oxygen atoms in total. The van der Waals surface area contributed by atoms with Gasteiger partial charge in [-0.3, -0.25) is 0 Å². The number of aromatic nitrogens is 1. The summed E-state index contributed by atoms with van der Waals surface area (Å²) >= 11 is 0. The van der Waals surface area contributed by atoms with Crippen LogP contribution in [0.2, 0.25) is 0 Å². The van der Waals surface area contributed by atoms with E-state index in [1.54, 1.807) is 7.11 Å². The number of pyridine rings is 1. The number of anilines is 1. The molecule has 1 unspecified atom stereocenters. The second-order valence-corrected chi connectivity index (χ2v) is 5.09. The molecule has 0 spiro atoms. The predicted molar refractivity (Wildman–Crippen MR) is 73.8 cm³/mol. The molecule has 2 heterocycles. The van der Waals surface area contributed by atoms with Gasteiger partial charge in [0.15, 0.2) is 0 Å². The Bertz CT molecular complexity index is 373. The molecule has 1 atom stereocenters. The van der Waals surface area contributed by atoms with Crippen LogP contribution in [0.3, 0.4) is 0 Å². The normalized spacial score (nSPS) is 18.9. The lowest BCUT2D eigenvalue weighted by Gasteiger charge is -2.33. The minimum absolute atomic E-state index is 0.171. The van der Waals surface area contributed by atoms with Gasteiger partial charge in [0.2, 0.25) is 0 Å². The maximum absolute atomic E-state index is 5.90. The lowest BCUT2D eigenvalue weighted by Crippen LogP contribution is -2.38. The van der Waals surface area contributed by atoms with Gasteiger partial charge in [-0.1, -0.05) is 6.07 Å². The Balaban J connectivity index is 2.08. The maximum atomic E-state index is 5.90. The van der Waals surface area contributed by atoms with Crippen LogP contribution in [0.15, 0.2) is 18.3 Å². The van der Waals surface area contributed by atoms with Gasteiger partial charge in [-0.05, 0) is 37.8 Å². The molecule has 1 aromatic heterocycles. The van der Waals surface area contributed by atoms with Crippen LogP contribution in [0, 0.1) is 0 Å². The molecule has 0 bridgehead atoms. The molecular formula is C14H23N3O. The number of piperidine rings is 1. The fourth-order valence-corrected chi connectivity index (χ4v) is 2.52. The van der Waals surface area contributed by atoms with E-state index in [9.17, 15) is 0 Å². The van der Waals surface area contributed by atoms with E-state index in [1.807, 2.05) is 19.2 Å². The Hall–Kier alpha value is -1.13. The smallest absolute Gasteiger partial charge is 0.131 e. The van der Waals surface area contributed by atoms with Gasteiger partial charge >= 0.3 is 0 Å². The maximum Gasteiger partial charge on any atom is 0.131 e. The Morgan fingerprint density at radius 2 is 2.22 bits per heavy atom. The van der Waals surface area contributed by atoms with Crippen LogP contribution in [0.1, 0.15) is 25.3 Å². The first-order valence-electron chi connectivity index (χ1n) is 6.68. The second kappa shape index (κ2) is 6.16. The number of nitrogens with zero attached hydrogens (tertiary/aromatic N) is 2. The third kappa shape index (κ3) is 3.21. The Morgan fingerprint density at radius 1 is 1.50 bits per heavy atom. The summed E-state index contributed by atoms with van der Waals surface area (Å²) in [5, 5.41) is 0. The van der Waals surface area contributed by atoms with Crippen molar-refractivity contribution in [2.24, 2.45) is 5.73 Å². The highest BCUT2D eigenvalue weighted by molar-refractivity contribution is 5.47. The van der Waals surface area contributed by atoms with Gasteiger partial charge in [0.05, 0.1) is 6.10 Å². The standard InChI is InChI=1S/C14H23N3O/c1-11(15)10-12-4-3-7-16-14(12)17-8-5-13(18-2)6-9-17/h3-4,7,11,13H,5-6,8-10,15H2,1-2H3. The van der Waals surface area contributed by atoms with Crippen LogP contribution in [-0.2, 0) is 11.2 Å². The van der Waals surface area contributed by atoms with Crippen molar-refractivity contribution in [1.82, 2.24) is 4.98 Å². The summed E-state index contributed by atoms with van der Waals surface area (Å²) in [6.45, 7) is 4.07. The van der Waals surface area contributed by atoms with Crippen molar-refractivity contribution in [2.45, 2.75) is 38.3 Å². The number of hydrogen-bond donors (Lipinski definition) is 1. The molecule has 0 radical (unpaired) electrons. The fourth-order valence-electron chi connectivity index (χ4n) is 2.52.